The largest absolute Gasteiger partial charge is 0.497 e. The van der Waals surface area contributed by atoms with Crippen molar-refractivity contribution in [1.29, 1.82) is 0 Å². The summed E-state index contributed by atoms with van der Waals surface area (Å²) in [5.41, 5.74) is 4.74. The van der Waals surface area contributed by atoms with Crippen molar-refractivity contribution in [3.63, 3.8) is 0 Å². The molecule has 182 valence electrons. The molecule has 1 aliphatic rings. The lowest BCUT2D eigenvalue weighted by Gasteiger charge is -2.15. The summed E-state index contributed by atoms with van der Waals surface area (Å²) in [6.07, 6.45) is 3.25. The number of hydrogen-bond acceptors (Lipinski definition) is 5. The van der Waals surface area contributed by atoms with E-state index in [2.05, 4.69) is 10.4 Å². The second kappa shape index (κ2) is 10.1. The minimum absolute atomic E-state index is 0.155. The topological polar surface area (TPSA) is 79.1 Å². The Morgan fingerprint density at radius 1 is 1.06 bits per heavy atom. The number of carbonyl (C=O) groups excluding carboxylic acids is 1. The van der Waals surface area contributed by atoms with Crippen molar-refractivity contribution in [2.75, 3.05) is 24.0 Å². The molecule has 36 heavy (non-hydrogen) atoms. The molecule has 1 aromatic heterocycles. The van der Waals surface area contributed by atoms with Crippen LogP contribution < -0.4 is 15.1 Å². The zero-order valence-corrected chi connectivity index (χ0v) is 20.3. The van der Waals surface area contributed by atoms with Crippen molar-refractivity contribution in [2.45, 2.75) is 19.6 Å². The standard InChI is InChI=1S/C29H28N4O3/c1-20-27(29(35)33(31-20)23-10-4-3-5-11-23)15-21-18-32(28-14-7-6-13-26(21)28)19-24(34)17-30-22-9-8-12-25(16-22)36-2/h3-16,18,24,30,34H,17,19H2,1-2H3/b27-15+. The molecule has 1 atom stereocenters. The molecule has 1 amide bonds. The van der Waals surface area contributed by atoms with Crippen LogP contribution in [0.15, 0.2) is 95.7 Å². The highest BCUT2D eigenvalue weighted by molar-refractivity contribution is 6.32. The number of amides is 1. The summed E-state index contributed by atoms with van der Waals surface area (Å²) in [5.74, 6) is 0.604. The Morgan fingerprint density at radius 2 is 1.83 bits per heavy atom. The average Bonchev–Trinajstić information content (AvgIpc) is 3.40. The van der Waals surface area contributed by atoms with Crippen molar-refractivity contribution in [2.24, 2.45) is 5.10 Å². The normalized spacial score (nSPS) is 15.4. The summed E-state index contributed by atoms with van der Waals surface area (Å²) in [6, 6.07) is 25.0. The van der Waals surface area contributed by atoms with Crippen LogP contribution in [0.1, 0.15) is 12.5 Å². The molecule has 0 radical (unpaired) electrons. The Labute approximate surface area is 209 Å². The van der Waals surface area contributed by atoms with Gasteiger partial charge in [0.15, 0.2) is 0 Å². The number of carbonyl (C=O) groups is 1. The lowest BCUT2D eigenvalue weighted by molar-refractivity contribution is -0.114. The van der Waals surface area contributed by atoms with E-state index >= 15 is 0 Å². The summed E-state index contributed by atoms with van der Waals surface area (Å²) in [6.45, 7) is 2.63. The minimum Gasteiger partial charge on any atom is -0.497 e. The van der Waals surface area contributed by atoms with Gasteiger partial charge in [0.25, 0.3) is 5.91 Å². The molecule has 0 saturated carbocycles. The number of aliphatic hydroxyl groups is 1. The van der Waals surface area contributed by atoms with Crippen LogP contribution in [-0.2, 0) is 11.3 Å². The van der Waals surface area contributed by atoms with Gasteiger partial charge in [0, 0.05) is 41.0 Å². The van der Waals surface area contributed by atoms with Gasteiger partial charge in [0.1, 0.15) is 5.75 Å². The van der Waals surface area contributed by atoms with Crippen molar-refractivity contribution >= 4 is 40.0 Å². The molecule has 0 saturated heterocycles. The SMILES string of the molecule is COc1cccc(NCC(O)Cn2cc(/C=C3/C(=O)N(c4ccccc4)N=C3C)c3ccccc32)c1. The molecule has 5 rings (SSSR count). The molecule has 0 fully saturated rings. The average molecular weight is 481 g/mol. The third-order valence-corrected chi connectivity index (χ3v) is 6.20. The number of hydrazone groups is 1. The van der Waals surface area contributed by atoms with E-state index in [1.165, 1.54) is 5.01 Å². The molecular formula is C29H28N4O3. The van der Waals surface area contributed by atoms with E-state index in [-0.39, 0.29) is 5.91 Å². The Bertz CT molecular complexity index is 1460. The monoisotopic (exact) mass is 480 g/mol. The second-order valence-electron chi connectivity index (χ2n) is 8.72. The van der Waals surface area contributed by atoms with Crippen molar-refractivity contribution in [3.05, 3.63) is 96.2 Å². The van der Waals surface area contributed by atoms with Crippen molar-refractivity contribution in [3.8, 4) is 5.75 Å². The number of methoxy groups -OCH3 is 1. The number of para-hydroxylation sites is 2. The summed E-state index contributed by atoms with van der Waals surface area (Å²) >= 11 is 0. The molecule has 0 aliphatic carbocycles. The zero-order valence-electron chi connectivity index (χ0n) is 20.3. The predicted molar refractivity (Wildman–Crippen MR) is 144 cm³/mol. The summed E-state index contributed by atoms with van der Waals surface area (Å²) in [5, 5.41) is 21.0. The van der Waals surface area contributed by atoms with Gasteiger partial charge in [-0.2, -0.15) is 10.1 Å². The Kier molecular flexibility index (Phi) is 6.56. The molecule has 2 N–H and O–H groups in total. The van der Waals surface area contributed by atoms with Gasteiger partial charge in [-0.15, -0.1) is 0 Å². The number of hydrogen-bond donors (Lipinski definition) is 2. The van der Waals surface area contributed by atoms with Gasteiger partial charge in [-0.3, -0.25) is 4.79 Å². The van der Waals surface area contributed by atoms with Gasteiger partial charge in [-0.05, 0) is 43.3 Å². The number of rotatable bonds is 8. The van der Waals surface area contributed by atoms with Crippen LogP contribution in [0, 0.1) is 0 Å². The summed E-state index contributed by atoms with van der Waals surface area (Å²) in [7, 11) is 1.63. The molecule has 4 aromatic rings. The number of fused-ring (bicyclic) bond motifs is 1. The van der Waals surface area contributed by atoms with Gasteiger partial charge in [-0.25, -0.2) is 0 Å². The molecule has 1 unspecified atom stereocenters. The number of aromatic nitrogens is 1. The maximum Gasteiger partial charge on any atom is 0.280 e. The number of nitrogens with zero attached hydrogens (tertiary/aromatic N) is 3. The van der Waals surface area contributed by atoms with Crippen LogP contribution in [0.5, 0.6) is 5.75 Å². The summed E-state index contributed by atoms with van der Waals surface area (Å²) in [4.78, 5) is 13.2. The first-order chi connectivity index (χ1) is 17.5. The van der Waals surface area contributed by atoms with E-state index in [1.54, 1.807) is 7.11 Å². The van der Waals surface area contributed by atoms with Gasteiger partial charge in [0.2, 0.25) is 0 Å². The lowest BCUT2D eigenvalue weighted by atomic mass is 10.1. The minimum atomic E-state index is -0.627. The second-order valence-corrected chi connectivity index (χ2v) is 8.72. The fourth-order valence-corrected chi connectivity index (χ4v) is 4.39. The molecule has 3 aromatic carbocycles. The highest BCUT2D eigenvalue weighted by Gasteiger charge is 2.29. The predicted octanol–water partition coefficient (Wildman–Crippen LogP) is 4.93. The maximum absolute atomic E-state index is 13.2. The smallest absolute Gasteiger partial charge is 0.280 e. The van der Waals surface area contributed by atoms with E-state index in [0.29, 0.717) is 24.4 Å². The molecule has 7 heteroatoms. The number of nitrogens with one attached hydrogen (secondary N) is 1. The number of aliphatic hydroxyl groups excluding tert-OH is 1. The van der Waals surface area contributed by atoms with Gasteiger partial charge >= 0.3 is 0 Å². The van der Waals surface area contributed by atoms with Crippen molar-refractivity contribution < 1.29 is 14.6 Å². The first-order valence-corrected chi connectivity index (χ1v) is 11.8. The van der Waals surface area contributed by atoms with Crippen LogP contribution in [-0.4, -0.2) is 41.1 Å². The highest BCUT2D eigenvalue weighted by atomic mass is 16.5. The number of anilines is 2. The molecule has 0 spiro atoms. The van der Waals surface area contributed by atoms with Crippen LogP contribution >= 0.6 is 0 Å². The van der Waals surface area contributed by atoms with E-state index < -0.39 is 6.10 Å². The Morgan fingerprint density at radius 3 is 2.64 bits per heavy atom. The molecule has 1 aliphatic heterocycles. The third kappa shape index (κ3) is 4.74. The van der Waals surface area contributed by atoms with Gasteiger partial charge in [-0.1, -0.05) is 42.5 Å². The van der Waals surface area contributed by atoms with Gasteiger partial charge < -0.3 is 19.7 Å². The van der Waals surface area contributed by atoms with E-state index in [9.17, 15) is 9.90 Å². The van der Waals surface area contributed by atoms with Crippen LogP contribution in [0.2, 0.25) is 0 Å². The van der Waals surface area contributed by atoms with E-state index in [4.69, 9.17) is 4.74 Å². The van der Waals surface area contributed by atoms with E-state index in [0.717, 1.165) is 33.6 Å². The lowest BCUT2D eigenvalue weighted by Crippen LogP contribution is -2.24. The maximum atomic E-state index is 13.2. The fourth-order valence-electron chi connectivity index (χ4n) is 4.39. The molecular weight excluding hydrogens is 452 g/mol. The Hall–Kier alpha value is -4.36. The first kappa shape index (κ1) is 23.4. The summed E-state index contributed by atoms with van der Waals surface area (Å²) < 4.78 is 7.29. The number of benzene rings is 3. The van der Waals surface area contributed by atoms with Crippen LogP contribution in [0.4, 0.5) is 11.4 Å². The fraction of sp³-hybridized carbons (Fsp3) is 0.172. The number of ether oxygens (including phenoxy) is 1. The molecule has 2 heterocycles. The quantitative estimate of drug-likeness (QED) is 0.351. The van der Waals surface area contributed by atoms with Crippen LogP contribution in [0.25, 0.3) is 17.0 Å². The van der Waals surface area contributed by atoms with Gasteiger partial charge in [0.05, 0.1) is 36.7 Å². The van der Waals surface area contributed by atoms with Crippen LogP contribution in [0.3, 0.4) is 0 Å². The molecule has 0 bridgehead atoms. The third-order valence-electron chi connectivity index (χ3n) is 6.20. The zero-order chi connectivity index (χ0) is 25.1. The Balaban J connectivity index is 1.37. The first-order valence-electron chi connectivity index (χ1n) is 11.8. The molecule has 7 nitrogen and oxygen atoms in total. The highest BCUT2D eigenvalue weighted by Crippen LogP contribution is 2.28. The van der Waals surface area contributed by atoms with Crippen molar-refractivity contribution in [1.82, 2.24) is 4.57 Å². The van der Waals surface area contributed by atoms with E-state index in [1.807, 2.05) is 103 Å².